The van der Waals surface area contributed by atoms with Crippen molar-refractivity contribution in [2.45, 2.75) is 6.54 Å². The lowest BCUT2D eigenvalue weighted by Gasteiger charge is -2.05. The quantitative estimate of drug-likeness (QED) is 0.539. The summed E-state index contributed by atoms with van der Waals surface area (Å²) in [5.41, 5.74) is 3.40. The van der Waals surface area contributed by atoms with Crippen molar-refractivity contribution in [3.63, 3.8) is 0 Å². The molecule has 0 atom stereocenters. The molecule has 3 aromatic rings. The van der Waals surface area contributed by atoms with Gasteiger partial charge in [0, 0.05) is 35.3 Å². The number of methoxy groups -OCH3 is 1. The van der Waals surface area contributed by atoms with E-state index < -0.39 is 0 Å². The van der Waals surface area contributed by atoms with Crippen molar-refractivity contribution in [3.05, 3.63) is 78.0 Å². The number of fused-ring (bicyclic) bond motifs is 1. The number of nitrogens with zero attached hydrogens (tertiary/aromatic N) is 1. The molecule has 0 saturated carbocycles. The number of carbonyl (C=O) groups excluding carboxylic acids is 1. The van der Waals surface area contributed by atoms with Crippen LogP contribution in [0.3, 0.4) is 0 Å². The molecule has 2 aromatic carbocycles. The predicted octanol–water partition coefficient (Wildman–Crippen LogP) is 3.88. The minimum Gasteiger partial charge on any atom is -0.466 e. The van der Waals surface area contributed by atoms with Crippen molar-refractivity contribution >= 4 is 22.9 Å². The van der Waals surface area contributed by atoms with Crippen molar-refractivity contribution in [3.8, 4) is 0 Å². The number of hydrogen-bond donors (Lipinski definition) is 0. The normalized spacial score (nSPS) is 11.1. The number of rotatable bonds is 4. The summed E-state index contributed by atoms with van der Waals surface area (Å²) in [6.07, 6.45) is 5.32. The Labute approximate surface area is 129 Å². The fourth-order valence-electron chi connectivity index (χ4n) is 2.54. The summed E-state index contributed by atoms with van der Waals surface area (Å²) in [5, 5.41) is 1.12. The third-order valence-electron chi connectivity index (χ3n) is 3.62. The molecule has 0 N–H and O–H groups in total. The Morgan fingerprint density at radius 3 is 2.59 bits per heavy atom. The highest BCUT2D eigenvalue weighted by Gasteiger charge is 2.06. The van der Waals surface area contributed by atoms with Crippen molar-refractivity contribution in [1.82, 2.24) is 4.57 Å². The zero-order valence-electron chi connectivity index (χ0n) is 12.4. The first-order valence-electron chi connectivity index (χ1n) is 7.16. The second kappa shape index (κ2) is 6.31. The van der Waals surface area contributed by atoms with Gasteiger partial charge in [-0.15, -0.1) is 0 Å². The standard InChI is InChI=1S/C19H17NO2/c1-22-19(21)12-11-16-14-20(13-15-7-3-2-4-8-15)18-10-6-5-9-17(16)18/h2-12,14H,13H2,1H3. The molecular weight excluding hydrogens is 274 g/mol. The van der Waals surface area contributed by atoms with Gasteiger partial charge in [0.15, 0.2) is 0 Å². The molecule has 1 heterocycles. The minimum absolute atomic E-state index is 0.347. The number of ether oxygens (including phenoxy) is 1. The molecular formula is C19H17NO2. The molecule has 110 valence electrons. The number of para-hydroxylation sites is 1. The summed E-state index contributed by atoms with van der Waals surface area (Å²) in [6, 6.07) is 18.5. The van der Waals surface area contributed by atoms with Crippen LogP contribution in [0.5, 0.6) is 0 Å². The maximum atomic E-state index is 11.3. The largest absolute Gasteiger partial charge is 0.466 e. The Morgan fingerprint density at radius 2 is 1.82 bits per heavy atom. The predicted molar refractivity (Wildman–Crippen MR) is 88.5 cm³/mol. The van der Waals surface area contributed by atoms with Gasteiger partial charge in [0.25, 0.3) is 0 Å². The SMILES string of the molecule is COC(=O)C=Cc1cn(Cc2ccccc2)c2ccccc12. The average molecular weight is 291 g/mol. The lowest BCUT2D eigenvalue weighted by Crippen LogP contribution is -1.97. The minimum atomic E-state index is -0.347. The third kappa shape index (κ3) is 2.93. The first kappa shape index (κ1) is 14.1. The molecule has 0 bridgehead atoms. The van der Waals surface area contributed by atoms with Gasteiger partial charge in [-0.2, -0.15) is 0 Å². The Balaban J connectivity index is 2.00. The van der Waals surface area contributed by atoms with Crippen molar-refractivity contribution in [2.75, 3.05) is 7.11 Å². The van der Waals surface area contributed by atoms with Gasteiger partial charge in [-0.25, -0.2) is 4.79 Å². The Bertz CT molecular complexity index is 816. The smallest absolute Gasteiger partial charge is 0.330 e. The van der Waals surface area contributed by atoms with Gasteiger partial charge in [0.1, 0.15) is 0 Å². The number of hydrogen-bond acceptors (Lipinski definition) is 2. The van der Waals surface area contributed by atoms with E-state index in [9.17, 15) is 4.79 Å². The van der Waals surface area contributed by atoms with Crippen LogP contribution in [0.1, 0.15) is 11.1 Å². The Hall–Kier alpha value is -2.81. The van der Waals surface area contributed by atoms with Crippen LogP contribution in [0.4, 0.5) is 0 Å². The molecule has 0 radical (unpaired) electrons. The zero-order valence-corrected chi connectivity index (χ0v) is 12.4. The summed E-state index contributed by atoms with van der Waals surface area (Å²) >= 11 is 0. The highest BCUT2D eigenvalue weighted by atomic mass is 16.5. The monoisotopic (exact) mass is 291 g/mol. The van der Waals surface area contributed by atoms with E-state index in [0.717, 1.165) is 23.0 Å². The molecule has 0 fully saturated rings. The van der Waals surface area contributed by atoms with E-state index in [0.29, 0.717) is 0 Å². The first-order valence-corrected chi connectivity index (χ1v) is 7.16. The van der Waals surface area contributed by atoms with Crippen LogP contribution in [0.15, 0.2) is 66.9 Å². The Kier molecular flexibility index (Phi) is 4.05. The van der Waals surface area contributed by atoms with Gasteiger partial charge in [-0.1, -0.05) is 48.5 Å². The zero-order chi connectivity index (χ0) is 15.4. The maximum absolute atomic E-state index is 11.3. The van der Waals surface area contributed by atoms with E-state index in [1.165, 1.54) is 18.7 Å². The summed E-state index contributed by atoms with van der Waals surface area (Å²) in [5.74, 6) is -0.347. The van der Waals surface area contributed by atoms with E-state index in [1.807, 2.05) is 30.3 Å². The van der Waals surface area contributed by atoms with Crippen molar-refractivity contribution in [1.29, 1.82) is 0 Å². The first-order chi connectivity index (χ1) is 10.8. The van der Waals surface area contributed by atoms with Gasteiger partial charge in [-0.3, -0.25) is 0 Å². The fraction of sp³-hybridized carbons (Fsp3) is 0.105. The number of carbonyl (C=O) groups is 1. The topological polar surface area (TPSA) is 31.2 Å². The van der Waals surface area contributed by atoms with Crippen LogP contribution in [0, 0.1) is 0 Å². The van der Waals surface area contributed by atoms with E-state index in [2.05, 4.69) is 39.8 Å². The molecule has 0 aliphatic heterocycles. The van der Waals surface area contributed by atoms with Crippen LogP contribution in [0.2, 0.25) is 0 Å². The van der Waals surface area contributed by atoms with Crippen LogP contribution in [-0.4, -0.2) is 17.6 Å². The molecule has 0 amide bonds. The highest BCUT2D eigenvalue weighted by Crippen LogP contribution is 2.23. The van der Waals surface area contributed by atoms with Crippen LogP contribution in [-0.2, 0) is 16.1 Å². The molecule has 22 heavy (non-hydrogen) atoms. The van der Waals surface area contributed by atoms with Gasteiger partial charge in [-0.05, 0) is 17.7 Å². The van der Waals surface area contributed by atoms with E-state index in [-0.39, 0.29) is 5.97 Å². The molecule has 3 rings (SSSR count). The lowest BCUT2D eigenvalue weighted by atomic mass is 10.1. The van der Waals surface area contributed by atoms with E-state index >= 15 is 0 Å². The molecule has 0 aliphatic carbocycles. The highest BCUT2D eigenvalue weighted by molar-refractivity contribution is 5.94. The summed E-state index contributed by atoms with van der Waals surface area (Å²) in [4.78, 5) is 11.3. The Morgan fingerprint density at radius 1 is 1.09 bits per heavy atom. The second-order valence-electron chi connectivity index (χ2n) is 5.07. The van der Waals surface area contributed by atoms with Crippen LogP contribution < -0.4 is 0 Å². The second-order valence-corrected chi connectivity index (χ2v) is 5.07. The average Bonchev–Trinajstić information content (AvgIpc) is 2.92. The van der Waals surface area contributed by atoms with Gasteiger partial charge < -0.3 is 9.30 Å². The molecule has 0 unspecified atom stereocenters. The van der Waals surface area contributed by atoms with Gasteiger partial charge >= 0.3 is 5.97 Å². The fourth-order valence-corrected chi connectivity index (χ4v) is 2.54. The van der Waals surface area contributed by atoms with Crippen LogP contribution in [0.25, 0.3) is 17.0 Å². The lowest BCUT2D eigenvalue weighted by molar-refractivity contribution is -0.134. The van der Waals surface area contributed by atoms with Crippen LogP contribution >= 0.6 is 0 Å². The van der Waals surface area contributed by atoms with E-state index in [4.69, 9.17) is 0 Å². The van der Waals surface area contributed by atoms with Crippen molar-refractivity contribution in [2.24, 2.45) is 0 Å². The molecule has 0 saturated heterocycles. The molecule has 3 heteroatoms. The van der Waals surface area contributed by atoms with Gasteiger partial charge in [0.05, 0.1) is 7.11 Å². The van der Waals surface area contributed by atoms with Gasteiger partial charge in [0.2, 0.25) is 0 Å². The maximum Gasteiger partial charge on any atom is 0.330 e. The number of benzene rings is 2. The molecule has 0 aliphatic rings. The summed E-state index contributed by atoms with van der Waals surface area (Å²) < 4.78 is 6.85. The molecule has 1 aromatic heterocycles. The third-order valence-corrected chi connectivity index (χ3v) is 3.62. The van der Waals surface area contributed by atoms with E-state index in [1.54, 1.807) is 6.08 Å². The molecule has 3 nitrogen and oxygen atoms in total. The number of aromatic nitrogens is 1. The summed E-state index contributed by atoms with van der Waals surface area (Å²) in [6.45, 7) is 0.799. The summed E-state index contributed by atoms with van der Waals surface area (Å²) in [7, 11) is 1.38. The molecule has 0 spiro atoms. The van der Waals surface area contributed by atoms with Crippen molar-refractivity contribution < 1.29 is 9.53 Å². The number of esters is 1.